The Labute approximate surface area is 158 Å². The van der Waals surface area contributed by atoms with Gasteiger partial charge >= 0.3 is 0 Å². The van der Waals surface area contributed by atoms with Crippen molar-refractivity contribution in [3.63, 3.8) is 0 Å². The van der Waals surface area contributed by atoms with Gasteiger partial charge in [0.05, 0.1) is 29.2 Å². The van der Waals surface area contributed by atoms with E-state index in [1.807, 2.05) is 39.9 Å². The molecule has 9 heteroatoms. The van der Waals surface area contributed by atoms with Crippen LogP contribution in [-0.4, -0.2) is 42.5 Å². The maximum atomic E-state index is 5.98. The van der Waals surface area contributed by atoms with Crippen molar-refractivity contribution < 1.29 is 0 Å². The van der Waals surface area contributed by atoms with Gasteiger partial charge in [0, 0.05) is 37.2 Å². The summed E-state index contributed by atoms with van der Waals surface area (Å²) in [6.45, 7) is 1.91. The van der Waals surface area contributed by atoms with Gasteiger partial charge in [-0.05, 0) is 25.0 Å². The molecule has 4 aromatic heterocycles. The van der Waals surface area contributed by atoms with E-state index in [-0.39, 0.29) is 0 Å². The number of hydrogen-bond acceptors (Lipinski definition) is 6. The zero-order chi connectivity index (χ0) is 17.5. The van der Waals surface area contributed by atoms with Crippen molar-refractivity contribution >= 4 is 33.0 Å². The Bertz CT molecular complexity index is 998. The monoisotopic (exact) mass is 385 g/mol. The van der Waals surface area contributed by atoms with Crippen molar-refractivity contribution in [1.29, 1.82) is 0 Å². The summed E-state index contributed by atoms with van der Waals surface area (Å²) < 4.78 is 3.84. The van der Waals surface area contributed by atoms with Crippen molar-refractivity contribution in [1.82, 2.24) is 29.4 Å². The second-order valence-corrected chi connectivity index (χ2v) is 7.71. The van der Waals surface area contributed by atoms with E-state index in [1.54, 1.807) is 23.7 Å². The van der Waals surface area contributed by atoms with Crippen LogP contribution in [0, 0.1) is 0 Å². The van der Waals surface area contributed by atoms with E-state index in [1.165, 1.54) is 0 Å². The summed E-state index contributed by atoms with van der Waals surface area (Å²) in [5, 5.41) is 10.8. The summed E-state index contributed by atoms with van der Waals surface area (Å²) in [7, 11) is 0. The molecule has 0 unspecified atom stereocenters. The quantitative estimate of drug-likeness (QED) is 0.539. The molecule has 5 rings (SSSR count). The van der Waals surface area contributed by atoms with Crippen LogP contribution >= 0.6 is 22.9 Å². The number of halogens is 1. The molecule has 0 N–H and O–H groups in total. The predicted molar refractivity (Wildman–Crippen MR) is 102 cm³/mol. The highest BCUT2D eigenvalue weighted by molar-refractivity contribution is 7.20. The SMILES string of the molecule is Clc1cnn(C2CCN(c3nn4cc(-c5cccnc5)nc4s3)CC2)c1. The molecule has 7 nitrogen and oxygen atoms in total. The molecule has 5 heterocycles. The summed E-state index contributed by atoms with van der Waals surface area (Å²) in [4.78, 5) is 12.1. The largest absolute Gasteiger partial charge is 0.347 e. The average Bonchev–Trinajstić information content (AvgIpc) is 3.37. The second kappa shape index (κ2) is 6.37. The van der Waals surface area contributed by atoms with E-state index in [0.717, 1.165) is 47.3 Å². The predicted octanol–water partition coefficient (Wildman–Crippen LogP) is 3.54. The molecule has 0 spiro atoms. The van der Waals surface area contributed by atoms with Crippen molar-refractivity contribution in [3.8, 4) is 11.3 Å². The van der Waals surface area contributed by atoms with Gasteiger partial charge in [0.1, 0.15) is 0 Å². The third-order valence-electron chi connectivity index (χ3n) is 4.67. The van der Waals surface area contributed by atoms with Crippen LogP contribution in [0.25, 0.3) is 16.2 Å². The first-order valence-corrected chi connectivity index (χ1v) is 9.67. The fourth-order valence-electron chi connectivity index (χ4n) is 3.31. The van der Waals surface area contributed by atoms with Gasteiger partial charge in [-0.2, -0.15) is 5.10 Å². The number of piperidine rings is 1. The highest BCUT2D eigenvalue weighted by Gasteiger charge is 2.24. The smallest absolute Gasteiger partial charge is 0.214 e. The summed E-state index contributed by atoms with van der Waals surface area (Å²) in [5.41, 5.74) is 1.91. The summed E-state index contributed by atoms with van der Waals surface area (Å²) >= 11 is 7.60. The Morgan fingerprint density at radius 2 is 2.04 bits per heavy atom. The highest BCUT2D eigenvalue weighted by Crippen LogP contribution is 2.31. The Kier molecular flexibility index (Phi) is 3.86. The Balaban J connectivity index is 1.32. The fourth-order valence-corrected chi connectivity index (χ4v) is 4.39. The molecule has 1 aliphatic heterocycles. The number of fused-ring (bicyclic) bond motifs is 1. The Morgan fingerprint density at radius 1 is 1.15 bits per heavy atom. The lowest BCUT2D eigenvalue weighted by molar-refractivity contribution is 0.366. The molecule has 0 saturated carbocycles. The molecular formula is C17H16ClN7S. The lowest BCUT2D eigenvalue weighted by Gasteiger charge is -2.31. The number of nitrogens with zero attached hydrogens (tertiary/aromatic N) is 7. The van der Waals surface area contributed by atoms with E-state index >= 15 is 0 Å². The van der Waals surface area contributed by atoms with Gasteiger partial charge in [0.2, 0.25) is 10.1 Å². The van der Waals surface area contributed by atoms with E-state index < -0.39 is 0 Å². The zero-order valence-corrected chi connectivity index (χ0v) is 15.4. The first kappa shape index (κ1) is 15.8. The van der Waals surface area contributed by atoms with Gasteiger partial charge in [-0.3, -0.25) is 9.67 Å². The van der Waals surface area contributed by atoms with Gasteiger partial charge in [0.15, 0.2) is 0 Å². The normalized spacial score (nSPS) is 15.8. The lowest BCUT2D eigenvalue weighted by Crippen LogP contribution is -2.34. The molecule has 0 aliphatic carbocycles. The maximum Gasteiger partial charge on any atom is 0.214 e. The minimum atomic E-state index is 0.403. The standard InChI is InChI=1S/C17H16ClN7S/c18-13-9-20-24(10-13)14-3-6-23(7-4-14)17-22-25-11-15(21-16(25)26-17)12-2-1-5-19-8-12/h1-2,5,8-11,14H,3-4,6-7H2. The van der Waals surface area contributed by atoms with Gasteiger partial charge in [-0.15, -0.1) is 5.10 Å². The van der Waals surface area contributed by atoms with Crippen molar-refractivity contribution in [2.45, 2.75) is 18.9 Å². The molecule has 0 amide bonds. The summed E-state index contributed by atoms with van der Waals surface area (Å²) in [6, 6.07) is 4.32. The van der Waals surface area contributed by atoms with Crippen molar-refractivity contribution in [2.24, 2.45) is 0 Å². The molecule has 4 aromatic rings. The molecule has 0 aromatic carbocycles. The first-order valence-electron chi connectivity index (χ1n) is 8.47. The molecule has 0 atom stereocenters. The van der Waals surface area contributed by atoms with E-state index in [2.05, 4.69) is 20.0 Å². The lowest BCUT2D eigenvalue weighted by atomic mass is 10.1. The van der Waals surface area contributed by atoms with Gasteiger partial charge in [0.25, 0.3) is 0 Å². The molecule has 0 bridgehead atoms. The Hall–Kier alpha value is -2.45. The minimum Gasteiger partial charge on any atom is -0.347 e. The van der Waals surface area contributed by atoms with E-state index in [9.17, 15) is 0 Å². The highest BCUT2D eigenvalue weighted by atomic mass is 35.5. The van der Waals surface area contributed by atoms with Crippen molar-refractivity contribution in [3.05, 3.63) is 48.1 Å². The minimum absolute atomic E-state index is 0.403. The number of imidazole rings is 1. The van der Waals surface area contributed by atoms with Gasteiger partial charge in [-0.1, -0.05) is 22.9 Å². The van der Waals surface area contributed by atoms with Crippen LogP contribution in [0.1, 0.15) is 18.9 Å². The Morgan fingerprint density at radius 3 is 2.73 bits per heavy atom. The summed E-state index contributed by atoms with van der Waals surface area (Å²) in [6.07, 6.45) is 11.2. The van der Waals surface area contributed by atoms with Crippen LogP contribution in [0.3, 0.4) is 0 Å². The van der Waals surface area contributed by atoms with Gasteiger partial charge < -0.3 is 4.90 Å². The first-order chi connectivity index (χ1) is 12.8. The molecular weight excluding hydrogens is 370 g/mol. The number of aromatic nitrogens is 6. The van der Waals surface area contributed by atoms with E-state index in [0.29, 0.717) is 11.1 Å². The topological polar surface area (TPSA) is 64.1 Å². The van der Waals surface area contributed by atoms with Crippen LogP contribution in [0.5, 0.6) is 0 Å². The number of anilines is 1. The van der Waals surface area contributed by atoms with Crippen LogP contribution in [0.2, 0.25) is 5.02 Å². The second-order valence-electron chi connectivity index (χ2n) is 6.34. The van der Waals surface area contributed by atoms with Crippen LogP contribution in [0.15, 0.2) is 43.1 Å². The number of hydrogen-bond donors (Lipinski definition) is 0. The number of rotatable bonds is 3. The van der Waals surface area contributed by atoms with Crippen LogP contribution < -0.4 is 4.90 Å². The zero-order valence-electron chi connectivity index (χ0n) is 13.9. The molecule has 132 valence electrons. The average molecular weight is 386 g/mol. The maximum absolute atomic E-state index is 5.98. The fraction of sp³-hybridized carbons (Fsp3) is 0.294. The molecule has 0 radical (unpaired) electrons. The molecule has 1 aliphatic rings. The van der Waals surface area contributed by atoms with Gasteiger partial charge in [-0.25, -0.2) is 9.50 Å². The molecule has 26 heavy (non-hydrogen) atoms. The van der Waals surface area contributed by atoms with Crippen LogP contribution in [0.4, 0.5) is 5.13 Å². The molecule has 1 fully saturated rings. The summed E-state index contributed by atoms with van der Waals surface area (Å²) in [5.74, 6) is 0. The third-order valence-corrected chi connectivity index (χ3v) is 5.85. The van der Waals surface area contributed by atoms with E-state index in [4.69, 9.17) is 16.7 Å². The number of pyridine rings is 1. The third kappa shape index (κ3) is 2.85. The van der Waals surface area contributed by atoms with Crippen molar-refractivity contribution in [2.75, 3.05) is 18.0 Å². The molecule has 1 saturated heterocycles. The van der Waals surface area contributed by atoms with Crippen LogP contribution in [-0.2, 0) is 0 Å².